The Balaban J connectivity index is 2.00. The summed E-state index contributed by atoms with van der Waals surface area (Å²) in [6, 6.07) is 7.50. The van der Waals surface area contributed by atoms with E-state index in [0.29, 0.717) is 25.9 Å². The summed E-state index contributed by atoms with van der Waals surface area (Å²) in [7, 11) is -3.18. The Morgan fingerprint density at radius 1 is 1.29 bits per heavy atom. The Hall–Kier alpha value is -1.05. The molecular weight excluding hydrogens is 308 g/mol. The molecule has 1 saturated heterocycles. The van der Waals surface area contributed by atoms with Crippen LogP contribution in [0, 0.1) is 0 Å². The van der Waals surface area contributed by atoms with Crippen molar-refractivity contribution in [1.29, 1.82) is 0 Å². The van der Waals surface area contributed by atoms with Crippen LogP contribution in [-0.2, 0) is 10.0 Å². The minimum Gasteiger partial charge on any atom is -0.338 e. The van der Waals surface area contributed by atoms with Crippen molar-refractivity contribution in [2.75, 3.05) is 25.6 Å². The van der Waals surface area contributed by atoms with Gasteiger partial charge < -0.3 is 4.90 Å². The van der Waals surface area contributed by atoms with Gasteiger partial charge in [-0.1, -0.05) is 12.1 Å². The molecule has 21 heavy (non-hydrogen) atoms. The molecule has 1 aromatic carbocycles. The molecule has 0 spiro atoms. The fourth-order valence-corrected chi connectivity index (χ4v) is 3.93. The maximum Gasteiger partial charge on any atom is 0.254 e. The highest BCUT2D eigenvalue weighted by Crippen LogP contribution is 2.23. The second-order valence-electron chi connectivity index (χ2n) is 5.16. The predicted molar refractivity (Wildman–Crippen MR) is 85.1 cm³/mol. The summed E-state index contributed by atoms with van der Waals surface area (Å²) in [4.78, 5) is 15.3. The van der Waals surface area contributed by atoms with Crippen molar-refractivity contribution in [1.82, 2.24) is 9.62 Å². The van der Waals surface area contributed by atoms with E-state index in [1.165, 1.54) is 6.26 Å². The number of rotatable bonds is 4. The summed E-state index contributed by atoms with van der Waals surface area (Å²) in [5, 5.41) is 0. The molecule has 0 radical (unpaired) electrons. The first-order valence-corrected chi connectivity index (χ1v) is 9.92. The number of thioether (sulfide) groups is 1. The van der Waals surface area contributed by atoms with Gasteiger partial charge in [-0.2, -0.15) is 0 Å². The zero-order chi connectivity index (χ0) is 15.5. The Bertz CT molecular complexity index is 608. The average Bonchev–Trinajstić information content (AvgIpc) is 2.45. The first-order chi connectivity index (χ1) is 9.90. The molecule has 1 N–H and O–H groups in total. The number of nitrogens with one attached hydrogen (secondary N) is 1. The molecule has 0 saturated carbocycles. The van der Waals surface area contributed by atoms with Crippen molar-refractivity contribution in [2.24, 2.45) is 0 Å². The predicted octanol–water partition coefficient (Wildman–Crippen LogP) is 1.56. The van der Waals surface area contributed by atoms with Gasteiger partial charge in [0, 0.05) is 24.0 Å². The molecule has 5 nitrogen and oxygen atoms in total. The van der Waals surface area contributed by atoms with Crippen LogP contribution >= 0.6 is 11.8 Å². The third kappa shape index (κ3) is 4.46. The summed E-state index contributed by atoms with van der Waals surface area (Å²) in [5.41, 5.74) is 0.722. The number of hydrogen-bond acceptors (Lipinski definition) is 4. The highest BCUT2D eigenvalue weighted by atomic mass is 32.2. The lowest BCUT2D eigenvalue weighted by molar-refractivity contribution is 0.0708. The van der Waals surface area contributed by atoms with Crippen LogP contribution in [0.1, 0.15) is 23.2 Å². The summed E-state index contributed by atoms with van der Waals surface area (Å²) in [5.74, 6) is 0.0257. The molecular formula is C14H20N2O3S2. The van der Waals surface area contributed by atoms with Crippen molar-refractivity contribution in [3.05, 3.63) is 29.8 Å². The summed E-state index contributed by atoms with van der Waals surface area (Å²) in [6.07, 6.45) is 4.42. The van der Waals surface area contributed by atoms with E-state index < -0.39 is 10.0 Å². The highest BCUT2D eigenvalue weighted by molar-refractivity contribution is 7.98. The fraction of sp³-hybridized carbons (Fsp3) is 0.500. The molecule has 116 valence electrons. The van der Waals surface area contributed by atoms with E-state index in [9.17, 15) is 13.2 Å². The smallest absolute Gasteiger partial charge is 0.254 e. The fourth-order valence-electron chi connectivity index (χ4n) is 2.49. The van der Waals surface area contributed by atoms with Crippen molar-refractivity contribution >= 4 is 27.7 Å². The lowest BCUT2D eigenvalue weighted by Crippen LogP contribution is -2.46. The second-order valence-corrected chi connectivity index (χ2v) is 7.78. The van der Waals surface area contributed by atoms with Crippen LogP contribution < -0.4 is 4.72 Å². The zero-order valence-electron chi connectivity index (χ0n) is 12.2. The van der Waals surface area contributed by atoms with Gasteiger partial charge in [0.15, 0.2) is 0 Å². The number of carbonyl (C=O) groups is 1. The third-order valence-corrected chi connectivity index (χ3v) is 5.06. The number of hydrogen-bond donors (Lipinski definition) is 1. The molecule has 1 fully saturated rings. The van der Waals surface area contributed by atoms with Gasteiger partial charge >= 0.3 is 0 Å². The second kappa shape index (κ2) is 6.81. The van der Waals surface area contributed by atoms with Crippen molar-refractivity contribution in [3.8, 4) is 0 Å². The summed E-state index contributed by atoms with van der Waals surface area (Å²) in [6.45, 7) is 1.16. The maximum absolute atomic E-state index is 12.5. The van der Waals surface area contributed by atoms with E-state index in [1.54, 1.807) is 16.7 Å². The van der Waals surface area contributed by atoms with E-state index in [4.69, 9.17) is 0 Å². The van der Waals surface area contributed by atoms with Gasteiger partial charge in [0.05, 0.1) is 11.8 Å². The van der Waals surface area contributed by atoms with E-state index >= 15 is 0 Å². The third-order valence-electron chi connectivity index (χ3n) is 3.50. The summed E-state index contributed by atoms with van der Waals surface area (Å²) >= 11 is 1.56. The van der Waals surface area contributed by atoms with Crippen LogP contribution in [0.15, 0.2) is 29.2 Å². The summed E-state index contributed by atoms with van der Waals surface area (Å²) < 4.78 is 25.1. The number of benzene rings is 1. The number of likely N-dealkylation sites (tertiary alicyclic amines) is 1. The van der Waals surface area contributed by atoms with Crippen LogP contribution in [0.4, 0.5) is 0 Å². The van der Waals surface area contributed by atoms with E-state index in [-0.39, 0.29) is 11.9 Å². The molecule has 0 bridgehead atoms. The lowest BCUT2D eigenvalue weighted by atomic mass is 10.0. The van der Waals surface area contributed by atoms with Gasteiger partial charge in [0.1, 0.15) is 0 Å². The molecule has 0 aliphatic carbocycles. The normalized spacial score (nSPS) is 17.0. The Morgan fingerprint density at radius 3 is 2.48 bits per heavy atom. The molecule has 1 aliphatic rings. The van der Waals surface area contributed by atoms with Crippen LogP contribution in [0.3, 0.4) is 0 Å². The number of carbonyl (C=O) groups excluding carboxylic acids is 1. The van der Waals surface area contributed by atoms with E-state index in [1.807, 2.05) is 30.5 Å². The van der Waals surface area contributed by atoms with Crippen molar-refractivity contribution < 1.29 is 13.2 Å². The number of amides is 1. The lowest BCUT2D eigenvalue weighted by Gasteiger charge is -2.32. The molecule has 1 amide bonds. The Morgan fingerprint density at radius 2 is 1.90 bits per heavy atom. The number of sulfonamides is 1. The average molecular weight is 328 g/mol. The Kier molecular flexibility index (Phi) is 5.29. The van der Waals surface area contributed by atoms with Gasteiger partial charge in [0.25, 0.3) is 5.91 Å². The number of piperidine rings is 1. The van der Waals surface area contributed by atoms with Crippen molar-refractivity contribution in [3.63, 3.8) is 0 Å². The zero-order valence-corrected chi connectivity index (χ0v) is 13.8. The first kappa shape index (κ1) is 16.3. The molecule has 7 heteroatoms. The van der Waals surface area contributed by atoms with Gasteiger partial charge in [-0.05, 0) is 31.2 Å². The van der Waals surface area contributed by atoms with Gasteiger partial charge in [-0.3, -0.25) is 4.79 Å². The highest BCUT2D eigenvalue weighted by Gasteiger charge is 2.26. The standard InChI is InChI=1S/C14H20N2O3S2/c1-20-13-6-4-3-5-12(13)14(17)16-9-7-11(8-10-16)15-21(2,18)19/h3-6,11,15H,7-10H2,1-2H3. The largest absolute Gasteiger partial charge is 0.338 e. The SMILES string of the molecule is CSc1ccccc1C(=O)N1CCC(NS(C)(=O)=O)CC1. The molecule has 0 atom stereocenters. The maximum atomic E-state index is 12.5. The molecule has 1 heterocycles. The van der Waals surface area contributed by atoms with Gasteiger partial charge in [0.2, 0.25) is 10.0 Å². The van der Waals surface area contributed by atoms with Crippen LogP contribution in [0.5, 0.6) is 0 Å². The van der Waals surface area contributed by atoms with Crippen molar-refractivity contribution in [2.45, 2.75) is 23.8 Å². The van der Waals surface area contributed by atoms with Crippen LogP contribution in [0.25, 0.3) is 0 Å². The van der Waals surface area contributed by atoms with Gasteiger partial charge in [-0.25, -0.2) is 13.1 Å². The van der Waals surface area contributed by atoms with Crippen LogP contribution in [0.2, 0.25) is 0 Å². The van der Waals surface area contributed by atoms with Gasteiger partial charge in [-0.15, -0.1) is 11.8 Å². The molecule has 0 unspecified atom stereocenters. The molecule has 2 rings (SSSR count). The Labute approximate surface area is 130 Å². The topological polar surface area (TPSA) is 66.5 Å². The number of nitrogens with zero attached hydrogens (tertiary/aromatic N) is 1. The minimum absolute atomic E-state index is 0.0257. The minimum atomic E-state index is -3.18. The van der Waals surface area contributed by atoms with Crippen LogP contribution in [-0.4, -0.2) is 50.9 Å². The van der Waals surface area contributed by atoms with E-state index in [0.717, 1.165) is 10.5 Å². The quantitative estimate of drug-likeness (QED) is 0.852. The first-order valence-electron chi connectivity index (χ1n) is 6.80. The molecule has 1 aromatic rings. The molecule has 1 aliphatic heterocycles. The van der Waals surface area contributed by atoms with E-state index in [2.05, 4.69) is 4.72 Å². The monoisotopic (exact) mass is 328 g/mol. The molecule has 0 aromatic heterocycles.